The van der Waals surface area contributed by atoms with Gasteiger partial charge in [-0.25, -0.2) is 0 Å². The maximum atomic E-state index is 12.2. The highest BCUT2D eigenvalue weighted by molar-refractivity contribution is 5.82. The molecule has 4 nitrogen and oxygen atoms in total. The second-order valence-electron chi connectivity index (χ2n) is 5.38. The van der Waals surface area contributed by atoms with Crippen molar-refractivity contribution in [1.29, 1.82) is 0 Å². The monoisotopic (exact) mass is 261 g/mol. The number of amides is 1. The van der Waals surface area contributed by atoms with Crippen molar-refractivity contribution in [3.8, 4) is 0 Å². The molecule has 0 radical (unpaired) electrons. The van der Waals surface area contributed by atoms with E-state index < -0.39 is 0 Å². The zero-order valence-corrected chi connectivity index (χ0v) is 11.7. The lowest BCUT2D eigenvalue weighted by Gasteiger charge is -2.24. The highest BCUT2D eigenvalue weighted by Crippen LogP contribution is 2.14. The van der Waals surface area contributed by atoms with Crippen LogP contribution in [0.3, 0.4) is 0 Å². The van der Waals surface area contributed by atoms with E-state index in [-0.39, 0.29) is 18.0 Å². The molecule has 1 aliphatic heterocycles. The molecule has 2 N–H and O–H groups in total. The van der Waals surface area contributed by atoms with Crippen LogP contribution >= 0.6 is 0 Å². The number of nitrogens with zero attached hydrogens (tertiary/aromatic N) is 1. The number of hydrogen-bond donors (Lipinski definition) is 2. The van der Waals surface area contributed by atoms with Gasteiger partial charge in [-0.15, -0.1) is 0 Å². The van der Waals surface area contributed by atoms with Gasteiger partial charge in [-0.05, 0) is 39.0 Å². The van der Waals surface area contributed by atoms with E-state index in [1.54, 1.807) is 0 Å². The summed E-state index contributed by atoms with van der Waals surface area (Å²) in [5, 5.41) is 6.40. The Morgan fingerprint density at radius 1 is 1.42 bits per heavy atom. The normalized spacial score (nSPS) is 20.5. The number of carbonyl (C=O) groups is 1. The highest BCUT2D eigenvalue weighted by atomic mass is 16.2. The van der Waals surface area contributed by atoms with E-state index in [1.807, 2.05) is 32.3 Å². The van der Waals surface area contributed by atoms with Gasteiger partial charge in [0.15, 0.2) is 0 Å². The third-order valence-electron chi connectivity index (χ3n) is 3.44. The van der Waals surface area contributed by atoms with Crippen LogP contribution in [-0.4, -0.2) is 44.0 Å². The Kier molecular flexibility index (Phi) is 4.93. The molecule has 1 aromatic rings. The smallest absolute Gasteiger partial charge is 0.237 e. The number of hydrogen-bond acceptors (Lipinski definition) is 3. The lowest BCUT2D eigenvalue weighted by Crippen LogP contribution is -2.44. The fourth-order valence-corrected chi connectivity index (χ4v) is 2.47. The summed E-state index contributed by atoms with van der Waals surface area (Å²) in [4.78, 5) is 14.3. The molecule has 104 valence electrons. The first kappa shape index (κ1) is 14.0. The van der Waals surface area contributed by atoms with Crippen molar-refractivity contribution in [3.63, 3.8) is 0 Å². The maximum Gasteiger partial charge on any atom is 0.237 e. The van der Waals surface area contributed by atoms with Crippen LogP contribution in [0.5, 0.6) is 0 Å². The Bertz CT molecular complexity index is 399. The van der Waals surface area contributed by atoms with Gasteiger partial charge < -0.3 is 15.5 Å². The molecule has 0 aliphatic carbocycles. The molecule has 0 bridgehead atoms. The Morgan fingerprint density at radius 3 is 2.74 bits per heavy atom. The molecule has 2 rings (SSSR count). The summed E-state index contributed by atoms with van der Waals surface area (Å²) in [6.45, 7) is 1.75. The Labute approximate surface area is 115 Å². The summed E-state index contributed by atoms with van der Waals surface area (Å²) in [6.07, 6.45) is 2.02. The third-order valence-corrected chi connectivity index (χ3v) is 3.44. The molecule has 1 aromatic carbocycles. The van der Waals surface area contributed by atoms with E-state index in [2.05, 4.69) is 27.7 Å². The van der Waals surface area contributed by atoms with Crippen LogP contribution in [0.15, 0.2) is 30.3 Å². The van der Waals surface area contributed by atoms with Gasteiger partial charge >= 0.3 is 0 Å². The Balaban J connectivity index is 2.03. The van der Waals surface area contributed by atoms with Crippen molar-refractivity contribution in [3.05, 3.63) is 35.9 Å². The SMILES string of the molecule is CN(C)CC(NC(=O)C1CCCN1)c1ccccc1. The lowest BCUT2D eigenvalue weighted by molar-refractivity contribution is -0.123. The Morgan fingerprint density at radius 2 is 2.16 bits per heavy atom. The maximum absolute atomic E-state index is 12.2. The average Bonchev–Trinajstić information content (AvgIpc) is 2.92. The summed E-state index contributed by atoms with van der Waals surface area (Å²) >= 11 is 0. The second-order valence-corrected chi connectivity index (χ2v) is 5.38. The summed E-state index contributed by atoms with van der Waals surface area (Å²) < 4.78 is 0. The molecule has 0 aromatic heterocycles. The minimum atomic E-state index is -0.0200. The first-order chi connectivity index (χ1) is 9.16. The van der Waals surface area contributed by atoms with Crippen molar-refractivity contribution in [1.82, 2.24) is 15.5 Å². The van der Waals surface area contributed by atoms with Crippen molar-refractivity contribution in [2.75, 3.05) is 27.2 Å². The van der Waals surface area contributed by atoms with Crippen LogP contribution in [0, 0.1) is 0 Å². The molecule has 2 atom stereocenters. The van der Waals surface area contributed by atoms with Crippen LogP contribution in [-0.2, 0) is 4.79 Å². The zero-order chi connectivity index (χ0) is 13.7. The molecular formula is C15H23N3O. The van der Waals surface area contributed by atoms with Gasteiger partial charge in [0.1, 0.15) is 0 Å². The van der Waals surface area contributed by atoms with Crippen molar-refractivity contribution in [2.24, 2.45) is 0 Å². The molecule has 0 saturated carbocycles. The van der Waals surface area contributed by atoms with Gasteiger partial charge in [0.2, 0.25) is 5.91 Å². The standard InChI is InChI=1S/C15H23N3O/c1-18(2)11-14(12-7-4-3-5-8-12)17-15(19)13-9-6-10-16-13/h3-5,7-8,13-14,16H,6,9-11H2,1-2H3,(H,17,19). The van der Waals surface area contributed by atoms with Gasteiger partial charge in [-0.2, -0.15) is 0 Å². The quantitative estimate of drug-likeness (QED) is 0.836. The van der Waals surface area contributed by atoms with E-state index in [4.69, 9.17) is 0 Å². The first-order valence-corrected chi connectivity index (χ1v) is 6.90. The number of likely N-dealkylation sites (N-methyl/N-ethyl adjacent to an activating group) is 1. The third kappa shape index (κ3) is 4.04. The van der Waals surface area contributed by atoms with E-state index in [0.717, 1.165) is 31.5 Å². The van der Waals surface area contributed by atoms with Crippen LogP contribution in [0.1, 0.15) is 24.4 Å². The molecule has 1 aliphatic rings. The molecule has 1 amide bonds. The highest BCUT2D eigenvalue weighted by Gasteiger charge is 2.24. The second kappa shape index (κ2) is 6.68. The summed E-state index contributed by atoms with van der Waals surface area (Å²) in [6, 6.07) is 10.2. The molecule has 1 fully saturated rings. The van der Waals surface area contributed by atoms with Crippen LogP contribution in [0.4, 0.5) is 0 Å². The van der Waals surface area contributed by atoms with Crippen LogP contribution in [0.2, 0.25) is 0 Å². The predicted octanol–water partition coefficient (Wildman–Crippen LogP) is 1.16. The Hall–Kier alpha value is -1.39. The lowest BCUT2D eigenvalue weighted by atomic mass is 10.1. The van der Waals surface area contributed by atoms with Gasteiger partial charge in [0.25, 0.3) is 0 Å². The molecule has 4 heteroatoms. The summed E-state index contributed by atoms with van der Waals surface area (Å²) in [7, 11) is 4.05. The van der Waals surface area contributed by atoms with E-state index >= 15 is 0 Å². The zero-order valence-electron chi connectivity index (χ0n) is 11.7. The van der Waals surface area contributed by atoms with E-state index in [9.17, 15) is 4.79 Å². The largest absolute Gasteiger partial charge is 0.347 e. The van der Waals surface area contributed by atoms with Crippen molar-refractivity contribution < 1.29 is 4.79 Å². The van der Waals surface area contributed by atoms with Gasteiger partial charge in [-0.1, -0.05) is 30.3 Å². The summed E-state index contributed by atoms with van der Waals surface area (Å²) in [5.41, 5.74) is 1.16. The topological polar surface area (TPSA) is 44.4 Å². The van der Waals surface area contributed by atoms with Gasteiger partial charge in [0.05, 0.1) is 12.1 Å². The van der Waals surface area contributed by atoms with Gasteiger partial charge in [-0.3, -0.25) is 4.79 Å². The molecular weight excluding hydrogens is 238 g/mol. The molecule has 1 heterocycles. The fourth-order valence-electron chi connectivity index (χ4n) is 2.47. The van der Waals surface area contributed by atoms with Crippen molar-refractivity contribution >= 4 is 5.91 Å². The number of nitrogens with one attached hydrogen (secondary N) is 2. The minimum Gasteiger partial charge on any atom is -0.347 e. The molecule has 1 saturated heterocycles. The minimum absolute atomic E-state index is 0.0200. The van der Waals surface area contributed by atoms with Crippen molar-refractivity contribution in [2.45, 2.75) is 24.9 Å². The predicted molar refractivity (Wildman–Crippen MR) is 76.9 cm³/mol. The number of carbonyl (C=O) groups excluding carboxylic acids is 1. The number of rotatable bonds is 5. The fraction of sp³-hybridized carbons (Fsp3) is 0.533. The molecule has 0 spiro atoms. The van der Waals surface area contributed by atoms with Crippen LogP contribution in [0.25, 0.3) is 0 Å². The summed E-state index contributed by atoms with van der Waals surface area (Å²) in [5.74, 6) is 0.119. The molecule has 2 unspecified atom stereocenters. The number of benzene rings is 1. The first-order valence-electron chi connectivity index (χ1n) is 6.90. The van der Waals surface area contributed by atoms with E-state index in [1.165, 1.54) is 0 Å². The van der Waals surface area contributed by atoms with E-state index in [0.29, 0.717) is 0 Å². The van der Waals surface area contributed by atoms with Gasteiger partial charge in [0, 0.05) is 6.54 Å². The van der Waals surface area contributed by atoms with Crippen LogP contribution < -0.4 is 10.6 Å². The molecule has 19 heavy (non-hydrogen) atoms. The average molecular weight is 261 g/mol.